The summed E-state index contributed by atoms with van der Waals surface area (Å²) in [5.41, 5.74) is 4.33. The molecule has 0 fully saturated rings. The fraction of sp³-hybridized carbons (Fsp3) is 0.318. The molecule has 0 atom stereocenters. The molecule has 5 nitrogen and oxygen atoms in total. The van der Waals surface area contributed by atoms with Crippen molar-refractivity contribution in [2.75, 3.05) is 20.2 Å². The van der Waals surface area contributed by atoms with Crippen molar-refractivity contribution in [1.29, 1.82) is 0 Å². The van der Waals surface area contributed by atoms with Gasteiger partial charge in [0.2, 0.25) is 0 Å². The van der Waals surface area contributed by atoms with Crippen LogP contribution >= 0.6 is 0 Å². The van der Waals surface area contributed by atoms with E-state index in [1.165, 1.54) is 6.07 Å². The number of hydrogen-bond donors (Lipinski definition) is 3. The fourth-order valence-electron chi connectivity index (χ4n) is 3.19. The van der Waals surface area contributed by atoms with Crippen LogP contribution in [0.5, 0.6) is 0 Å². The van der Waals surface area contributed by atoms with Crippen LogP contribution in [0.2, 0.25) is 0 Å². The standard InChI is InChI=1S/C22H27FN4O/c1-3-24-22(27-13-16-6-4-5-7-18(16)15-28-2)25-11-10-17-14-26-21-9-8-19(23)12-20(17)21/h4-9,12,14,26H,3,10-11,13,15H2,1-2H3,(H2,24,25,27). The first kappa shape index (κ1) is 19.9. The second-order valence-electron chi connectivity index (χ2n) is 6.58. The minimum atomic E-state index is -0.217. The van der Waals surface area contributed by atoms with E-state index in [0.717, 1.165) is 46.5 Å². The lowest BCUT2D eigenvalue weighted by Crippen LogP contribution is -2.38. The van der Waals surface area contributed by atoms with Gasteiger partial charge in [-0.1, -0.05) is 24.3 Å². The number of aromatic amines is 1. The third-order valence-electron chi connectivity index (χ3n) is 4.59. The van der Waals surface area contributed by atoms with E-state index in [-0.39, 0.29) is 5.82 Å². The monoisotopic (exact) mass is 382 g/mol. The largest absolute Gasteiger partial charge is 0.380 e. The third kappa shape index (κ3) is 5.10. The molecule has 0 bridgehead atoms. The van der Waals surface area contributed by atoms with E-state index in [1.54, 1.807) is 19.2 Å². The van der Waals surface area contributed by atoms with E-state index in [9.17, 15) is 4.39 Å². The molecule has 3 N–H and O–H groups in total. The molecule has 0 spiro atoms. The number of rotatable bonds is 8. The summed E-state index contributed by atoms with van der Waals surface area (Å²) in [4.78, 5) is 7.88. The topological polar surface area (TPSA) is 61.4 Å². The number of aliphatic imine (C=N–C) groups is 1. The number of H-pyrrole nitrogens is 1. The van der Waals surface area contributed by atoms with Crippen molar-refractivity contribution in [2.24, 2.45) is 4.99 Å². The minimum Gasteiger partial charge on any atom is -0.380 e. The summed E-state index contributed by atoms with van der Waals surface area (Å²) in [6, 6.07) is 13.0. The van der Waals surface area contributed by atoms with Gasteiger partial charge in [0.25, 0.3) is 0 Å². The van der Waals surface area contributed by atoms with Crippen LogP contribution in [0.15, 0.2) is 53.7 Å². The molecule has 0 saturated heterocycles. The second kappa shape index (κ2) is 9.90. The molecule has 28 heavy (non-hydrogen) atoms. The first-order valence-corrected chi connectivity index (χ1v) is 9.54. The van der Waals surface area contributed by atoms with E-state index in [1.807, 2.05) is 25.3 Å². The summed E-state index contributed by atoms with van der Waals surface area (Å²) >= 11 is 0. The molecule has 0 aliphatic carbocycles. The van der Waals surface area contributed by atoms with Gasteiger partial charge in [-0.2, -0.15) is 0 Å². The number of nitrogens with one attached hydrogen (secondary N) is 3. The quantitative estimate of drug-likeness (QED) is 0.411. The summed E-state index contributed by atoms with van der Waals surface area (Å²) in [7, 11) is 1.70. The molecule has 148 valence electrons. The lowest BCUT2D eigenvalue weighted by molar-refractivity contribution is 0.184. The predicted octanol–water partition coefficient (Wildman–Crippen LogP) is 3.75. The lowest BCUT2D eigenvalue weighted by Gasteiger charge is -2.12. The predicted molar refractivity (Wildman–Crippen MR) is 112 cm³/mol. The third-order valence-corrected chi connectivity index (χ3v) is 4.59. The van der Waals surface area contributed by atoms with Crippen molar-refractivity contribution in [3.8, 4) is 0 Å². The summed E-state index contributed by atoms with van der Waals surface area (Å²) in [5, 5.41) is 7.56. The molecule has 0 aliphatic rings. The van der Waals surface area contributed by atoms with Crippen molar-refractivity contribution < 1.29 is 9.13 Å². The van der Waals surface area contributed by atoms with Gasteiger partial charge in [-0.3, -0.25) is 0 Å². The van der Waals surface area contributed by atoms with Gasteiger partial charge in [0, 0.05) is 37.3 Å². The van der Waals surface area contributed by atoms with Gasteiger partial charge >= 0.3 is 0 Å². The highest BCUT2D eigenvalue weighted by Crippen LogP contribution is 2.19. The molecule has 2 aromatic carbocycles. The van der Waals surface area contributed by atoms with Crippen LogP contribution in [-0.4, -0.2) is 31.1 Å². The average Bonchev–Trinajstić information content (AvgIpc) is 3.09. The smallest absolute Gasteiger partial charge is 0.191 e. The van der Waals surface area contributed by atoms with E-state index >= 15 is 0 Å². The van der Waals surface area contributed by atoms with Crippen LogP contribution in [-0.2, 0) is 24.3 Å². The molecule has 0 unspecified atom stereocenters. The normalized spacial score (nSPS) is 11.8. The van der Waals surface area contributed by atoms with E-state index in [4.69, 9.17) is 9.73 Å². The molecule has 6 heteroatoms. The SMILES string of the molecule is CCNC(=NCc1ccccc1COC)NCCc1c[nH]c2ccc(F)cc12. The van der Waals surface area contributed by atoms with Crippen LogP contribution in [0.25, 0.3) is 10.9 Å². The van der Waals surface area contributed by atoms with Crippen LogP contribution < -0.4 is 10.6 Å². The fourth-order valence-corrected chi connectivity index (χ4v) is 3.19. The Morgan fingerprint density at radius 3 is 2.71 bits per heavy atom. The zero-order valence-corrected chi connectivity index (χ0v) is 16.4. The number of benzene rings is 2. The molecule has 1 aromatic heterocycles. The summed E-state index contributed by atoms with van der Waals surface area (Å²) in [6.07, 6.45) is 2.71. The van der Waals surface area contributed by atoms with E-state index in [0.29, 0.717) is 19.7 Å². The maximum atomic E-state index is 13.5. The summed E-state index contributed by atoms with van der Waals surface area (Å²) in [5.74, 6) is 0.548. The lowest BCUT2D eigenvalue weighted by atomic mass is 10.1. The molecule has 3 aromatic rings. The van der Waals surface area contributed by atoms with Gasteiger partial charge in [-0.25, -0.2) is 9.38 Å². The second-order valence-corrected chi connectivity index (χ2v) is 6.58. The van der Waals surface area contributed by atoms with E-state index < -0.39 is 0 Å². The molecular weight excluding hydrogens is 355 g/mol. The Balaban J connectivity index is 1.63. The van der Waals surface area contributed by atoms with Gasteiger partial charge in [-0.05, 0) is 48.2 Å². The molecule has 3 rings (SSSR count). The molecule has 0 radical (unpaired) electrons. The van der Waals surface area contributed by atoms with Crippen molar-refractivity contribution in [1.82, 2.24) is 15.6 Å². The van der Waals surface area contributed by atoms with E-state index in [2.05, 4.69) is 27.8 Å². The summed E-state index contributed by atoms with van der Waals surface area (Å²) in [6.45, 7) is 4.68. The minimum absolute atomic E-state index is 0.217. The molecule has 1 heterocycles. The van der Waals surface area contributed by atoms with Crippen LogP contribution in [0.1, 0.15) is 23.6 Å². The maximum Gasteiger partial charge on any atom is 0.191 e. The van der Waals surface area contributed by atoms with Gasteiger partial charge in [0.15, 0.2) is 5.96 Å². The van der Waals surface area contributed by atoms with Crippen molar-refractivity contribution >= 4 is 16.9 Å². The van der Waals surface area contributed by atoms with Crippen LogP contribution in [0, 0.1) is 5.82 Å². The highest BCUT2D eigenvalue weighted by atomic mass is 19.1. The zero-order chi connectivity index (χ0) is 19.8. The molecule has 0 saturated carbocycles. The molecular formula is C22H27FN4O. The number of ether oxygens (including phenoxy) is 1. The number of guanidine groups is 1. The van der Waals surface area contributed by atoms with Crippen LogP contribution in [0.4, 0.5) is 4.39 Å². The Kier molecular flexibility index (Phi) is 7.03. The zero-order valence-electron chi connectivity index (χ0n) is 16.4. The van der Waals surface area contributed by atoms with Crippen molar-refractivity contribution in [3.63, 3.8) is 0 Å². The Morgan fingerprint density at radius 2 is 1.93 bits per heavy atom. The van der Waals surface area contributed by atoms with Gasteiger partial charge in [-0.15, -0.1) is 0 Å². The number of nitrogens with zero attached hydrogens (tertiary/aromatic N) is 1. The van der Waals surface area contributed by atoms with Crippen LogP contribution in [0.3, 0.4) is 0 Å². The first-order valence-electron chi connectivity index (χ1n) is 9.54. The van der Waals surface area contributed by atoms with Crippen molar-refractivity contribution in [3.05, 3.63) is 71.2 Å². The first-order chi connectivity index (χ1) is 13.7. The highest BCUT2D eigenvalue weighted by molar-refractivity contribution is 5.83. The van der Waals surface area contributed by atoms with Crippen molar-refractivity contribution in [2.45, 2.75) is 26.5 Å². The van der Waals surface area contributed by atoms with Gasteiger partial charge in [0.1, 0.15) is 5.82 Å². The number of fused-ring (bicyclic) bond motifs is 1. The number of halogens is 1. The molecule has 0 amide bonds. The number of methoxy groups -OCH3 is 1. The Hall–Kier alpha value is -2.86. The molecule has 0 aliphatic heterocycles. The number of aromatic nitrogens is 1. The Bertz CT molecular complexity index is 935. The van der Waals surface area contributed by atoms with Gasteiger partial charge in [0.05, 0.1) is 13.2 Å². The number of hydrogen-bond acceptors (Lipinski definition) is 2. The Labute approximate surface area is 165 Å². The maximum absolute atomic E-state index is 13.5. The Morgan fingerprint density at radius 1 is 1.11 bits per heavy atom. The highest BCUT2D eigenvalue weighted by Gasteiger charge is 2.06. The summed E-state index contributed by atoms with van der Waals surface area (Å²) < 4.78 is 18.8. The average molecular weight is 382 g/mol. The van der Waals surface area contributed by atoms with Gasteiger partial charge < -0.3 is 20.4 Å².